The third-order valence-corrected chi connectivity index (χ3v) is 2.56. The van der Waals surface area contributed by atoms with Crippen molar-refractivity contribution >= 4 is 17.1 Å². The van der Waals surface area contributed by atoms with E-state index in [-0.39, 0.29) is 5.75 Å². The second-order valence-corrected chi connectivity index (χ2v) is 4.02. The fourth-order valence-corrected chi connectivity index (χ4v) is 1.59. The standard InChI is InChI=1S/C14H17N3O/c15-11-1-3-12(4-2-11)16-9-10-17-13-5-7-14(18)8-6-13/h1-8,16-18H,9-10,15H2. The van der Waals surface area contributed by atoms with Crippen LogP contribution >= 0.6 is 0 Å². The molecular formula is C14H17N3O. The van der Waals surface area contributed by atoms with Gasteiger partial charge in [0.15, 0.2) is 0 Å². The van der Waals surface area contributed by atoms with Crippen molar-refractivity contribution in [2.45, 2.75) is 0 Å². The summed E-state index contributed by atoms with van der Waals surface area (Å²) in [6, 6.07) is 14.7. The Bertz CT molecular complexity index is 432. The maximum absolute atomic E-state index is 9.15. The smallest absolute Gasteiger partial charge is 0.115 e. The number of hydrogen-bond donors (Lipinski definition) is 4. The molecule has 0 saturated carbocycles. The minimum absolute atomic E-state index is 0.278. The molecule has 0 atom stereocenters. The lowest BCUT2D eigenvalue weighted by Gasteiger charge is -2.09. The molecule has 0 aliphatic heterocycles. The van der Waals surface area contributed by atoms with Crippen LogP contribution in [-0.4, -0.2) is 18.2 Å². The number of phenols is 1. The predicted octanol–water partition coefficient (Wildman–Crippen LogP) is 2.50. The highest BCUT2D eigenvalue weighted by Crippen LogP contribution is 2.13. The number of nitrogens with two attached hydrogens (primary N) is 1. The molecule has 5 N–H and O–H groups in total. The molecule has 0 bridgehead atoms. The highest BCUT2D eigenvalue weighted by Gasteiger charge is 1.93. The Morgan fingerprint density at radius 2 is 1.22 bits per heavy atom. The fourth-order valence-electron chi connectivity index (χ4n) is 1.59. The summed E-state index contributed by atoms with van der Waals surface area (Å²) in [5.74, 6) is 0.278. The molecule has 0 radical (unpaired) electrons. The van der Waals surface area contributed by atoms with Crippen molar-refractivity contribution in [1.82, 2.24) is 0 Å². The van der Waals surface area contributed by atoms with Gasteiger partial charge >= 0.3 is 0 Å². The van der Waals surface area contributed by atoms with Crippen LogP contribution in [0.25, 0.3) is 0 Å². The van der Waals surface area contributed by atoms with Gasteiger partial charge in [-0.1, -0.05) is 0 Å². The van der Waals surface area contributed by atoms with Gasteiger partial charge < -0.3 is 21.5 Å². The topological polar surface area (TPSA) is 70.3 Å². The summed E-state index contributed by atoms with van der Waals surface area (Å²) < 4.78 is 0. The zero-order chi connectivity index (χ0) is 12.8. The average Bonchev–Trinajstić information content (AvgIpc) is 2.39. The van der Waals surface area contributed by atoms with Gasteiger partial charge in [-0.15, -0.1) is 0 Å². The molecule has 2 aromatic carbocycles. The van der Waals surface area contributed by atoms with Gasteiger partial charge in [0, 0.05) is 30.2 Å². The lowest BCUT2D eigenvalue weighted by Crippen LogP contribution is -2.13. The molecule has 0 amide bonds. The second kappa shape index (κ2) is 5.82. The summed E-state index contributed by atoms with van der Waals surface area (Å²) in [5.41, 5.74) is 8.42. The summed E-state index contributed by atoms with van der Waals surface area (Å²) in [4.78, 5) is 0. The largest absolute Gasteiger partial charge is 0.508 e. The van der Waals surface area contributed by atoms with Crippen LogP contribution in [-0.2, 0) is 0 Å². The summed E-state index contributed by atoms with van der Waals surface area (Å²) in [5, 5.41) is 15.7. The number of phenolic OH excluding ortho intramolecular Hbond substituents is 1. The molecule has 0 aromatic heterocycles. The van der Waals surface area contributed by atoms with Gasteiger partial charge in [0.25, 0.3) is 0 Å². The normalized spacial score (nSPS) is 10.0. The van der Waals surface area contributed by atoms with E-state index in [1.54, 1.807) is 12.1 Å². The molecule has 0 heterocycles. The van der Waals surface area contributed by atoms with E-state index in [0.29, 0.717) is 0 Å². The Balaban J connectivity index is 1.73. The molecule has 0 spiro atoms. The van der Waals surface area contributed by atoms with E-state index >= 15 is 0 Å². The molecule has 0 aliphatic rings. The molecule has 0 fully saturated rings. The number of anilines is 3. The minimum atomic E-state index is 0.278. The van der Waals surface area contributed by atoms with Gasteiger partial charge in [0.1, 0.15) is 5.75 Å². The number of rotatable bonds is 5. The quantitative estimate of drug-likeness (QED) is 0.370. The Morgan fingerprint density at radius 3 is 1.72 bits per heavy atom. The van der Waals surface area contributed by atoms with E-state index in [1.807, 2.05) is 36.4 Å². The number of hydrogen-bond acceptors (Lipinski definition) is 4. The molecule has 2 aromatic rings. The third kappa shape index (κ3) is 3.59. The first-order valence-corrected chi connectivity index (χ1v) is 5.86. The van der Waals surface area contributed by atoms with Crippen LogP contribution in [0, 0.1) is 0 Å². The monoisotopic (exact) mass is 243 g/mol. The number of nitrogens with one attached hydrogen (secondary N) is 2. The Kier molecular flexibility index (Phi) is 3.91. The molecule has 0 unspecified atom stereocenters. The van der Waals surface area contributed by atoms with Gasteiger partial charge in [0.05, 0.1) is 0 Å². The molecular weight excluding hydrogens is 226 g/mol. The lowest BCUT2D eigenvalue weighted by molar-refractivity contribution is 0.475. The lowest BCUT2D eigenvalue weighted by atomic mass is 10.3. The maximum atomic E-state index is 9.15. The van der Waals surface area contributed by atoms with Crippen molar-refractivity contribution in [3.05, 3.63) is 48.5 Å². The van der Waals surface area contributed by atoms with Crippen LogP contribution in [0.15, 0.2) is 48.5 Å². The number of nitrogen functional groups attached to an aromatic ring is 1. The number of aromatic hydroxyl groups is 1. The van der Waals surface area contributed by atoms with Gasteiger partial charge in [-0.05, 0) is 48.5 Å². The Hall–Kier alpha value is -2.36. The van der Waals surface area contributed by atoms with E-state index in [9.17, 15) is 0 Å². The first kappa shape index (κ1) is 12.1. The molecule has 0 saturated heterocycles. The molecule has 4 heteroatoms. The molecule has 4 nitrogen and oxygen atoms in total. The van der Waals surface area contributed by atoms with E-state index in [0.717, 1.165) is 30.2 Å². The van der Waals surface area contributed by atoms with E-state index in [1.165, 1.54) is 0 Å². The molecule has 0 aliphatic carbocycles. The van der Waals surface area contributed by atoms with Crippen molar-refractivity contribution in [2.24, 2.45) is 0 Å². The van der Waals surface area contributed by atoms with E-state index < -0.39 is 0 Å². The van der Waals surface area contributed by atoms with Crippen molar-refractivity contribution in [3.8, 4) is 5.75 Å². The van der Waals surface area contributed by atoms with Crippen LogP contribution in [0.1, 0.15) is 0 Å². The summed E-state index contributed by atoms with van der Waals surface area (Å²) in [6.07, 6.45) is 0. The van der Waals surface area contributed by atoms with Crippen molar-refractivity contribution < 1.29 is 5.11 Å². The summed E-state index contributed by atoms with van der Waals surface area (Å²) in [7, 11) is 0. The first-order chi connectivity index (χ1) is 8.74. The van der Waals surface area contributed by atoms with Gasteiger partial charge in [-0.2, -0.15) is 0 Å². The van der Waals surface area contributed by atoms with Gasteiger partial charge in [-0.25, -0.2) is 0 Å². The zero-order valence-electron chi connectivity index (χ0n) is 10.1. The Morgan fingerprint density at radius 1 is 0.778 bits per heavy atom. The fraction of sp³-hybridized carbons (Fsp3) is 0.143. The van der Waals surface area contributed by atoms with Crippen LogP contribution in [0.4, 0.5) is 17.1 Å². The van der Waals surface area contributed by atoms with E-state index in [4.69, 9.17) is 10.8 Å². The molecule has 2 rings (SSSR count). The highest BCUT2D eigenvalue weighted by molar-refractivity contribution is 5.51. The highest BCUT2D eigenvalue weighted by atomic mass is 16.3. The SMILES string of the molecule is Nc1ccc(NCCNc2ccc(O)cc2)cc1. The number of benzene rings is 2. The van der Waals surface area contributed by atoms with Crippen molar-refractivity contribution in [2.75, 3.05) is 29.5 Å². The van der Waals surface area contributed by atoms with Crippen molar-refractivity contribution in [3.63, 3.8) is 0 Å². The maximum Gasteiger partial charge on any atom is 0.115 e. The van der Waals surface area contributed by atoms with E-state index in [2.05, 4.69) is 10.6 Å². The first-order valence-electron chi connectivity index (χ1n) is 5.86. The summed E-state index contributed by atoms with van der Waals surface area (Å²) in [6.45, 7) is 1.61. The van der Waals surface area contributed by atoms with Crippen LogP contribution in [0.2, 0.25) is 0 Å². The average molecular weight is 243 g/mol. The third-order valence-electron chi connectivity index (χ3n) is 2.56. The van der Waals surface area contributed by atoms with Crippen LogP contribution < -0.4 is 16.4 Å². The van der Waals surface area contributed by atoms with Crippen LogP contribution in [0.5, 0.6) is 5.75 Å². The summed E-state index contributed by atoms with van der Waals surface area (Å²) >= 11 is 0. The van der Waals surface area contributed by atoms with Crippen LogP contribution in [0.3, 0.4) is 0 Å². The van der Waals surface area contributed by atoms with Gasteiger partial charge in [0.2, 0.25) is 0 Å². The van der Waals surface area contributed by atoms with Crippen molar-refractivity contribution in [1.29, 1.82) is 0 Å². The molecule has 94 valence electrons. The zero-order valence-corrected chi connectivity index (χ0v) is 10.1. The second-order valence-electron chi connectivity index (χ2n) is 4.02. The Labute approximate surface area is 106 Å². The van der Waals surface area contributed by atoms with Gasteiger partial charge in [-0.3, -0.25) is 0 Å². The minimum Gasteiger partial charge on any atom is -0.508 e. The predicted molar refractivity (Wildman–Crippen MR) is 75.9 cm³/mol. The molecule has 18 heavy (non-hydrogen) atoms.